The van der Waals surface area contributed by atoms with E-state index in [0.29, 0.717) is 56.2 Å². The fraction of sp³-hybridized carbons (Fsp3) is 0.279. The minimum absolute atomic E-state index is 0.0220. The fourth-order valence-electron chi connectivity index (χ4n) is 6.65. The van der Waals surface area contributed by atoms with Crippen molar-refractivity contribution in [1.29, 1.82) is 0 Å². The highest BCUT2D eigenvalue weighted by Gasteiger charge is 2.25. The molecule has 2 saturated heterocycles. The van der Waals surface area contributed by atoms with Gasteiger partial charge in [0.1, 0.15) is 18.0 Å². The van der Waals surface area contributed by atoms with E-state index in [1.165, 1.54) is 13.0 Å². The first-order valence-corrected chi connectivity index (χ1v) is 17.8. The second kappa shape index (κ2) is 16.9. The van der Waals surface area contributed by atoms with Gasteiger partial charge in [-0.2, -0.15) is 0 Å². The van der Waals surface area contributed by atoms with Crippen LogP contribution in [-0.2, 0) is 14.4 Å². The fourth-order valence-corrected chi connectivity index (χ4v) is 6.65. The molecule has 6 rings (SSSR count). The summed E-state index contributed by atoms with van der Waals surface area (Å²) in [5.41, 5.74) is 5.42. The number of hydrogen-bond donors (Lipinski definition) is 1. The first-order chi connectivity index (χ1) is 25.3. The molecule has 9 nitrogen and oxygen atoms in total. The number of piperidine rings is 2. The van der Waals surface area contributed by atoms with E-state index in [9.17, 15) is 14.4 Å². The van der Waals surface area contributed by atoms with Crippen LogP contribution in [0.15, 0.2) is 110 Å². The minimum Gasteiger partial charge on any atom is -0.493 e. The van der Waals surface area contributed by atoms with Crippen LogP contribution < -0.4 is 19.5 Å². The van der Waals surface area contributed by atoms with Gasteiger partial charge in [0.25, 0.3) is 0 Å². The molecule has 9 heteroatoms. The van der Waals surface area contributed by atoms with Crippen molar-refractivity contribution in [2.75, 3.05) is 38.6 Å². The predicted molar refractivity (Wildman–Crippen MR) is 204 cm³/mol. The number of rotatable bonds is 11. The van der Waals surface area contributed by atoms with Crippen molar-refractivity contribution >= 4 is 29.5 Å². The van der Waals surface area contributed by atoms with Crippen molar-refractivity contribution < 1.29 is 28.6 Å². The molecule has 0 unspecified atom stereocenters. The summed E-state index contributed by atoms with van der Waals surface area (Å²) in [5, 5.41) is 2.92. The van der Waals surface area contributed by atoms with Gasteiger partial charge in [-0.15, -0.1) is 0 Å². The lowest BCUT2D eigenvalue weighted by Crippen LogP contribution is -2.41. The number of amides is 3. The first kappa shape index (κ1) is 36.0. The Morgan fingerprint density at radius 1 is 0.712 bits per heavy atom. The molecule has 2 fully saturated rings. The molecule has 0 bridgehead atoms. The van der Waals surface area contributed by atoms with E-state index in [0.717, 1.165) is 46.4 Å². The standard InChI is InChI=1S/C43H45N3O6/c1-4-42(48)45-24-20-36(21-25-45)51-35-15-12-33(13-16-35)38-28-31(10-17-39(38)44-30(2)47)11-19-43(49)46-26-22-37(23-27-46)52-40-18-14-34(29-41(40)50-3)32-8-6-5-7-9-32/h4-19,28-29,36-37H,1,20-27H2,2-3H3,(H,44,47)/b19-11+. The maximum absolute atomic E-state index is 13.2. The number of carbonyl (C=O) groups is 3. The van der Waals surface area contributed by atoms with Gasteiger partial charge < -0.3 is 29.3 Å². The Hall–Kier alpha value is -5.83. The van der Waals surface area contributed by atoms with Crippen molar-refractivity contribution in [3.63, 3.8) is 0 Å². The molecular weight excluding hydrogens is 654 g/mol. The lowest BCUT2D eigenvalue weighted by molar-refractivity contribution is -0.128. The van der Waals surface area contributed by atoms with Gasteiger partial charge in [-0.05, 0) is 70.8 Å². The van der Waals surface area contributed by atoms with E-state index in [2.05, 4.69) is 24.0 Å². The van der Waals surface area contributed by atoms with Gasteiger partial charge in [0.2, 0.25) is 17.7 Å². The summed E-state index contributed by atoms with van der Waals surface area (Å²) in [6.07, 6.45) is 7.72. The molecule has 2 aliphatic heterocycles. The smallest absolute Gasteiger partial charge is 0.246 e. The average molecular weight is 700 g/mol. The number of nitrogens with zero attached hydrogens (tertiary/aromatic N) is 2. The van der Waals surface area contributed by atoms with Gasteiger partial charge in [-0.25, -0.2) is 0 Å². The molecule has 0 radical (unpaired) electrons. The molecule has 0 aliphatic carbocycles. The van der Waals surface area contributed by atoms with Crippen molar-refractivity contribution in [3.05, 3.63) is 115 Å². The molecule has 0 aromatic heterocycles. The van der Waals surface area contributed by atoms with Crippen molar-refractivity contribution in [2.24, 2.45) is 0 Å². The largest absolute Gasteiger partial charge is 0.493 e. The Labute approximate surface area is 305 Å². The topological polar surface area (TPSA) is 97.4 Å². The van der Waals surface area contributed by atoms with Gasteiger partial charge >= 0.3 is 0 Å². The van der Waals surface area contributed by atoms with Crippen LogP contribution >= 0.6 is 0 Å². The number of methoxy groups -OCH3 is 1. The van der Waals surface area contributed by atoms with E-state index in [4.69, 9.17) is 14.2 Å². The predicted octanol–water partition coefficient (Wildman–Crippen LogP) is 7.63. The lowest BCUT2D eigenvalue weighted by atomic mass is 10.00. The monoisotopic (exact) mass is 699 g/mol. The average Bonchev–Trinajstić information content (AvgIpc) is 3.18. The third kappa shape index (κ3) is 9.09. The maximum atomic E-state index is 13.2. The molecule has 52 heavy (non-hydrogen) atoms. The Kier molecular flexibility index (Phi) is 11.7. The zero-order valence-electron chi connectivity index (χ0n) is 29.8. The van der Waals surface area contributed by atoms with Crippen LogP contribution in [0.4, 0.5) is 5.69 Å². The van der Waals surface area contributed by atoms with Gasteiger partial charge in [0.15, 0.2) is 11.5 Å². The molecule has 0 atom stereocenters. The number of ether oxygens (including phenoxy) is 3. The first-order valence-electron chi connectivity index (χ1n) is 17.8. The van der Waals surface area contributed by atoms with Gasteiger partial charge in [-0.1, -0.05) is 61.2 Å². The van der Waals surface area contributed by atoms with E-state index in [1.807, 2.05) is 89.8 Å². The van der Waals surface area contributed by atoms with Crippen molar-refractivity contribution in [2.45, 2.75) is 44.8 Å². The molecule has 1 N–H and O–H groups in total. The summed E-state index contributed by atoms with van der Waals surface area (Å²) in [6, 6.07) is 29.6. The Morgan fingerprint density at radius 3 is 1.98 bits per heavy atom. The Morgan fingerprint density at radius 2 is 1.35 bits per heavy atom. The summed E-state index contributed by atoms with van der Waals surface area (Å²) in [5.74, 6) is 1.85. The summed E-state index contributed by atoms with van der Waals surface area (Å²) in [4.78, 5) is 40.8. The molecule has 3 amide bonds. The number of nitrogens with one attached hydrogen (secondary N) is 1. The third-order valence-corrected chi connectivity index (χ3v) is 9.49. The second-order valence-corrected chi connectivity index (χ2v) is 13.1. The zero-order chi connectivity index (χ0) is 36.5. The van der Waals surface area contributed by atoms with Gasteiger partial charge in [0, 0.05) is 76.1 Å². The van der Waals surface area contributed by atoms with Gasteiger partial charge in [0.05, 0.1) is 7.11 Å². The summed E-state index contributed by atoms with van der Waals surface area (Å²) >= 11 is 0. The number of carbonyl (C=O) groups excluding carboxylic acids is 3. The highest BCUT2D eigenvalue weighted by atomic mass is 16.5. The van der Waals surface area contributed by atoms with Crippen LogP contribution in [0.2, 0.25) is 0 Å². The molecule has 4 aromatic rings. The van der Waals surface area contributed by atoms with Crippen LogP contribution in [0.5, 0.6) is 17.2 Å². The van der Waals surface area contributed by atoms with Crippen molar-refractivity contribution in [1.82, 2.24) is 9.80 Å². The number of hydrogen-bond acceptors (Lipinski definition) is 6. The Balaban J connectivity index is 1.05. The lowest BCUT2D eigenvalue weighted by Gasteiger charge is -2.32. The highest BCUT2D eigenvalue weighted by Crippen LogP contribution is 2.35. The SMILES string of the molecule is C=CC(=O)N1CCC(Oc2ccc(-c3cc(/C=C/C(=O)N4CCC(Oc5ccc(-c6ccccc6)cc5OC)CC4)ccc3NC(C)=O)cc2)CC1. The molecule has 2 aliphatic rings. The second-order valence-electron chi connectivity index (χ2n) is 13.1. The van der Waals surface area contributed by atoms with E-state index in [-0.39, 0.29) is 29.9 Å². The summed E-state index contributed by atoms with van der Waals surface area (Å²) in [7, 11) is 1.65. The minimum atomic E-state index is -0.170. The van der Waals surface area contributed by atoms with Crippen LogP contribution in [0.25, 0.3) is 28.3 Å². The molecule has 2 heterocycles. The van der Waals surface area contributed by atoms with E-state index in [1.54, 1.807) is 18.1 Å². The van der Waals surface area contributed by atoms with E-state index >= 15 is 0 Å². The number of anilines is 1. The van der Waals surface area contributed by atoms with Gasteiger partial charge in [-0.3, -0.25) is 14.4 Å². The number of benzene rings is 4. The Bertz CT molecular complexity index is 1910. The summed E-state index contributed by atoms with van der Waals surface area (Å²) in [6.45, 7) is 7.51. The molecular formula is C43H45N3O6. The normalized spacial score (nSPS) is 15.3. The van der Waals surface area contributed by atoms with Crippen molar-refractivity contribution in [3.8, 4) is 39.5 Å². The maximum Gasteiger partial charge on any atom is 0.246 e. The molecule has 0 saturated carbocycles. The van der Waals surface area contributed by atoms with Crippen LogP contribution in [0.1, 0.15) is 38.2 Å². The number of likely N-dealkylation sites (tertiary alicyclic amines) is 2. The van der Waals surface area contributed by atoms with Crippen LogP contribution in [-0.4, -0.2) is 73.0 Å². The molecule has 268 valence electrons. The molecule has 4 aromatic carbocycles. The van der Waals surface area contributed by atoms with Crippen LogP contribution in [0.3, 0.4) is 0 Å². The molecule has 0 spiro atoms. The quantitative estimate of drug-likeness (QED) is 0.162. The summed E-state index contributed by atoms with van der Waals surface area (Å²) < 4.78 is 18.2. The van der Waals surface area contributed by atoms with E-state index < -0.39 is 0 Å². The highest BCUT2D eigenvalue weighted by molar-refractivity contribution is 5.96. The van der Waals surface area contributed by atoms with Crippen LogP contribution in [0, 0.1) is 0 Å². The third-order valence-electron chi connectivity index (χ3n) is 9.49. The zero-order valence-corrected chi connectivity index (χ0v) is 29.8.